The molecule has 2 aromatic carbocycles. The fourth-order valence-electron chi connectivity index (χ4n) is 4.93. The average Bonchev–Trinajstić information content (AvgIpc) is 3.58. The molecule has 0 amide bonds. The molecule has 0 aliphatic carbocycles. The zero-order valence-electron chi connectivity index (χ0n) is 20.2. The van der Waals surface area contributed by atoms with E-state index in [0.29, 0.717) is 13.5 Å². The van der Waals surface area contributed by atoms with Crippen molar-refractivity contribution in [3.63, 3.8) is 0 Å². The lowest BCUT2D eigenvalue weighted by molar-refractivity contribution is 0.0820. The molecule has 6 rings (SSSR count). The first kappa shape index (κ1) is 22.0. The zero-order valence-corrected chi connectivity index (χ0v) is 20.2. The van der Waals surface area contributed by atoms with Crippen molar-refractivity contribution in [1.29, 1.82) is 0 Å². The van der Waals surface area contributed by atoms with Crippen LogP contribution in [0.3, 0.4) is 0 Å². The van der Waals surface area contributed by atoms with E-state index in [1.165, 1.54) is 22.3 Å². The van der Waals surface area contributed by atoms with Crippen molar-refractivity contribution in [2.75, 3.05) is 13.5 Å². The number of rotatable bonds is 6. The molecule has 0 atom stereocenters. The molecule has 0 bridgehead atoms. The molecule has 0 saturated heterocycles. The van der Waals surface area contributed by atoms with Gasteiger partial charge in [0.05, 0.1) is 25.6 Å². The van der Waals surface area contributed by atoms with Gasteiger partial charge >= 0.3 is 0 Å². The van der Waals surface area contributed by atoms with Gasteiger partial charge in [0.1, 0.15) is 36.5 Å². The number of furan rings is 2. The predicted molar refractivity (Wildman–Crippen MR) is 132 cm³/mol. The van der Waals surface area contributed by atoms with Gasteiger partial charge in [-0.25, -0.2) is 0 Å². The van der Waals surface area contributed by atoms with Crippen LogP contribution in [0.4, 0.5) is 0 Å². The van der Waals surface area contributed by atoms with Crippen LogP contribution in [0.2, 0.25) is 0 Å². The summed E-state index contributed by atoms with van der Waals surface area (Å²) in [5, 5.41) is 0. The van der Waals surface area contributed by atoms with Gasteiger partial charge in [0.25, 0.3) is 0 Å². The van der Waals surface area contributed by atoms with Gasteiger partial charge in [0.15, 0.2) is 0 Å². The molecule has 2 aliphatic heterocycles. The second kappa shape index (κ2) is 8.95. The smallest absolute Gasteiger partial charge is 0.142 e. The summed E-state index contributed by atoms with van der Waals surface area (Å²) < 4.78 is 23.3. The van der Waals surface area contributed by atoms with Gasteiger partial charge in [-0.3, -0.25) is 9.80 Å². The summed E-state index contributed by atoms with van der Waals surface area (Å²) >= 11 is 0. The number of hydrogen-bond donors (Lipinski definition) is 0. The van der Waals surface area contributed by atoms with Crippen LogP contribution in [-0.2, 0) is 31.6 Å². The molecular formula is C29H30N2O4. The maximum atomic E-state index is 6.15. The molecule has 0 spiro atoms. The Kier molecular flexibility index (Phi) is 5.63. The molecular weight excluding hydrogens is 440 g/mol. The molecule has 2 aromatic heterocycles. The van der Waals surface area contributed by atoms with E-state index in [9.17, 15) is 0 Å². The van der Waals surface area contributed by atoms with Crippen LogP contribution < -0.4 is 9.47 Å². The van der Waals surface area contributed by atoms with Crippen molar-refractivity contribution in [2.45, 2.75) is 45.4 Å². The van der Waals surface area contributed by atoms with Gasteiger partial charge in [-0.2, -0.15) is 0 Å². The van der Waals surface area contributed by atoms with E-state index in [0.717, 1.165) is 49.2 Å². The van der Waals surface area contributed by atoms with Gasteiger partial charge in [-0.15, -0.1) is 0 Å². The van der Waals surface area contributed by atoms with Crippen LogP contribution in [0, 0.1) is 0 Å². The van der Waals surface area contributed by atoms with Crippen molar-refractivity contribution in [2.24, 2.45) is 0 Å². The van der Waals surface area contributed by atoms with Gasteiger partial charge in [0, 0.05) is 29.6 Å². The minimum Gasteiger partial charge on any atom is -0.478 e. The first-order valence-corrected chi connectivity index (χ1v) is 12.1. The van der Waals surface area contributed by atoms with Crippen LogP contribution >= 0.6 is 0 Å². The summed E-state index contributed by atoms with van der Waals surface area (Å²) in [5.74, 6) is 3.84. The van der Waals surface area contributed by atoms with Crippen LogP contribution in [0.1, 0.15) is 47.6 Å². The van der Waals surface area contributed by atoms with E-state index < -0.39 is 0 Å². The van der Waals surface area contributed by atoms with E-state index in [1.807, 2.05) is 24.3 Å². The predicted octanol–water partition coefficient (Wildman–Crippen LogP) is 5.90. The van der Waals surface area contributed by atoms with Crippen molar-refractivity contribution in [3.05, 3.63) is 107 Å². The highest BCUT2D eigenvalue weighted by molar-refractivity contribution is 5.48. The SMILES string of the molecule is CC(C)(c1ccc2c(c1)OCN(Cc1ccco1)C2)c1ccc2c(c1)OCN(Cc1ccco1)C2. The molecule has 35 heavy (non-hydrogen) atoms. The summed E-state index contributed by atoms with van der Waals surface area (Å²) in [7, 11) is 0. The Morgan fingerprint density at radius 3 is 1.60 bits per heavy atom. The Hall–Kier alpha value is -3.48. The summed E-state index contributed by atoms with van der Waals surface area (Å²) in [4.78, 5) is 4.48. The van der Waals surface area contributed by atoms with Gasteiger partial charge < -0.3 is 18.3 Å². The van der Waals surface area contributed by atoms with Gasteiger partial charge in [-0.1, -0.05) is 38.1 Å². The Bertz CT molecular complexity index is 1190. The van der Waals surface area contributed by atoms with Crippen molar-refractivity contribution in [1.82, 2.24) is 9.80 Å². The number of benzene rings is 2. The Balaban J connectivity index is 1.17. The summed E-state index contributed by atoms with van der Waals surface area (Å²) in [6.45, 7) is 8.80. The molecule has 0 unspecified atom stereocenters. The summed E-state index contributed by atoms with van der Waals surface area (Å²) in [5.41, 5.74) is 4.67. The number of hydrogen-bond acceptors (Lipinski definition) is 6. The van der Waals surface area contributed by atoms with E-state index in [4.69, 9.17) is 18.3 Å². The second-order valence-electron chi connectivity index (χ2n) is 9.95. The molecule has 6 heteroatoms. The summed E-state index contributed by atoms with van der Waals surface area (Å²) in [6.07, 6.45) is 3.43. The number of ether oxygens (including phenoxy) is 2. The minimum atomic E-state index is -0.187. The average molecular weight is 471 g/mol. The Morgan fingerprint density at radius 2 is 1.17 bits per heavy atom. The molecule has 4 aromatic rings. The number of nitrogens with zero attached hydrogens (tertiary/aromatic N) is 2. The van der Waals surface area contributed by atoms with E-state index >= 15 is 0 Å². The van der Waals surface area contributed by atoms with Gasteiger partial charge in [0.2, 0.25) is 0 Å². The molecule has 6 nitrogen and oxygen atoms in total. The third kappa shape index (κ3) is 4.47. The third-order valence-corrected chi connectivity index (χ3v) is 7.09. The van der Waals surface area contributed by atoms with E-state index in [1.54, 1.807) is 12.5 Å². The lowest BCUT2D eigenvalue weighted by Gasteiger charge is -2.33. The largest absolute Gasteiger partial charge is 0.478 e. The lowest BCUT2D eigenvalue weighted by Crippen LogP contribution is -2.32. The van der Waals surface area contributed by atoms with E-state index in [2.05, 4.69) is 60.0 Å². The standard InChI is InChI=1S/C29H30N2O4/c1-29(2,23-9-7-21-15-30(19-34-27(21)13-23)17-25-5-3-11-32-25)24-10-8-22-16-31(20-35-28(22)14-24)18-26-6-4-12-33-26/h3-14H,15-20H2,1-2H3. The highest BCUT2D eigenvalue weighted by Crippen LogP contribution is 2.39. The van der Waals surface area contributed by atoms with Crippen LogP contribution in [0.25, 0.3) is 0 Å². The second-order valence-corrected chi connectivity index (χ2v) is 9.95. The lowest BCUT2D eigenvalue weighted by atomic mass is 9.77. The first-order valence-electron chi connectivity index (χ1n) is 12.1. The topological polar surface area (TPSA) is 51.2 Å². The van der Waals surface area contributed by atoms with Crippen molar-refractivity contribution in [3.8, 4) is 11.5 Å². The Labute approximate surface area is 205 Å². The molecule has 2 aliphatic rings. The van der Waals surface area contributed by atoms with Gasteiger partial charge in [-0.05, 0) is 47.5 Å². The van der Waals surface area contributed by atoms with Crippen LogP contribution in [0.5, 0.6) is 11.5 Å². The Morgan fingerprint density at radius 1 is 0.686 bits per heavy atom. The zero-order chi connectivity index (χ0) is 23.8. The summed E-state index contributed by atoms with van der Waals surface area (Å²) in [6, 6.07) is 21.1. The first-order chi connectivity index (χ1) is 17.0. The quantitative estimate of drug-likeness (QED) is 0.350. The molecule has 0 saturated carbocycles. The van der Waals surface area contributed by atoms with E-state index in [-0.39, 0.29) is 5.41 Å². The van der Waals surface area contributed by atoms with Crippen molar-refractivity contribution >= 4 is 0 Å². The molecule has 0 fully saturated rings. The van der Waals surface area contributed by atoms with Crippen molar-refractivity contribution < 1.29 is 18.3 Å². The third-order valence-electron chi connectivity index (χ3n) is 7.09. The molecule has 4 heterocycles. The highest BCUT2D eigenvalue weighted by Gasteiger charge is 2.28. The monoisotopic (exact) mass is 470 g/mol. The maximum Gasteiger partial charge on any atom is 0.142 e. The van der Waals surface area contributed by atoms with Crippen LogP contribution in [0.15, 0.2) is 82.0 Å². The maximum absolute atomic E-state index is 6.15. The molecule has 180 valence electrons. The van der Waals surface area contributed by atoms with Crippen LogP contribution in [-0.4, -0.2) is 23.3 Å². The molecule has 0 radical (unpaired) electrons. The minimum absolute atomic E-state index is 0.187. The highest BCUT2D eigenvalue weighted by atomic mass is 16.5. The molecule has 0 N–H and O–H groups in total. The normalized spacial score (nSPS) is 16.3. The fourth-order valence-corrected chi connectivity index (χ4v) is 4.93. The fraction of sp³-hybridized carbons (Fsp3) is 0.310. The number of fused-ring (bicyclic) bond motifs is 2.